The Morgan fingerprint density at radius 3 is 2.00 bits per heavy atom. The molecule has 0 atom stereocenters. The van der Waals surface area contributed by atoms with Crippen LogP contribution in [0.3, 0.4) is 0 Å². The van der Waals surface area contributed by atoms with E-state index in [-0.39, 0.29) is 23.8 Å². The van der Waals surface area contributed by atoms with E-state index < -0.39 is 0 Å². The molecule has 0 N–H and O–H groups in total. The highest BCUT2D eigenvalue weighted by Crippen LogP contribution is 2.25. The average Bonchev–Trinajstić information content (AvgIpc) is 2.80. The first kappa shape index (κ1) is 18.5. The van der Waals surface area contributed by atoms with Crippen LogP contribution in [0.25, 0.3) is 0 Å². The summed E-state index contributed by atoms with van der Waals surface area (Å²) in [5.41, 5.74) is 2.08. The first-order valence-corrected chi connectivity index (χ1v) is 8.95. The summed E-state index contributed by atoms with van der Waals surface area (Å²) < 4.78 is 0. The maximum Gasteiger partial charge on any atom is 0.242 e. The Balaban J connectivity index is 2.11. The van der Waals surface area contributed by atoms with Gasteiger partial charge in [0.25, 0.3) is 0 Å². The number of benzene rings is 1. The molecule has 2 amide bonds. The first-order chi connectivity index (χ1) is 11.3. The monoisotopic (exact) mass is 330 g/mol. The molecule has 0 saturated carbocycles. The van der Waals surface area contributed by atoms with Gasteiger partial charge in [0, 0.05) is 25.7 Å². The molecule has 1 aromatic carbocycles. The fourth-order valence-electron chi connectivity index (χ4n) is 3.08. The lowest BCUT2D eigenvalue weighted by atomic mass is 9.87. The summed E-state index contributed by atoms with van der Waals surface area (Å²) in [7, 11) is 0. The van der Waals surface area contributed by atoms with Gasteiger partial charge in [0.2, 0.25) is 11.8 Å². The van der Waals surface area contributed by atoms with Gasteiger partial charge in [-0.25, -0.2) is 0 Å². The topological polar surface area (TPSA) is 40.6 Å². The molecule has 0 aromatic heterocycles. The molecule has 1 heterocycles. The van der Waals surface area contributed by atoms with E-state index >= 15 is 0 Å². The SMILES string of the molecule is CC(=O)N(CC(=O)N1CCCCCC1)c1ccc(C(C)(C)C)cc1. The van der Waals surface area contributed by atoms with Gasteiger partial charge < -0.3 is 9.80 Å². The van der Waals surface area contributed by atoms with Gasteiger partial charge in [0.05, 0.1) is 0 Å². The molecule has 2 rings (SSSR count). The van der Waals surface area contributed by atoms with E-state index in [1.54, 1.807) is 4.90 Å². The second-order valence-electron chi connectivity index (χ2n) is 7.70. The van der Waals surface area contributed by atoms with Crippen molar-refractivity contribution in [1.82, 2.24) is 4.90 Å². The molecule has 1 aliphatic rings. The number of rotatable bonds is 3. The zero-order valence-electron chi connectivity index (χ0n) is 15.5. The molecule has 0 bridgehead atoms. The number of nitrogens with zero attached hydrogens (tertiary/aromatic N) is 2. The summed E-state index contributed by atoms with van der Waals surface area (Å²) in [5, 5.41) is 0. The number of carbonyl (C=O) groups excluding carboxylic acids is 2. The highest BCUT2D eigenvalue weighted by molar-refractivity contribution is 5.97. The number of anilines is 1. The van der Waals surface area contributed by atoms with E-state index in [2.05, 4.69) is 20.8 Å². The summed E-state index contributed by atoms with van der Waals surface area (Å²) in [6.45, 7) is 9.76. The van der Waals surface area contributed by atoms with E-state index in [1.165, 1.54) is 25.3 Å². The van der Waals surface area contributed by atoms with Crippen LogP contribution in [0.5, 0.6) is 0 Å². The smallest absolute Gasteiger partial charge is 0.242 e. The molecule has 24 heavy (non-hydrogen) atoms. The van der Waals surface area contributed by atoms with Crippen molar-refractivity contribution in [3.8, 4) is 0 Å². The molecule has 1 fully saturated rings. The van der Waals surface area contributed by atoms with Gasteiger partial charge in [-0.3, -0.25) is 9.59 Å². The van der Waals surface area contributed by atoms with Crippen molar-refractivity contribution < 1.29 is 9.59 Å². The standard InChI is InChI=1S/C20H30N2O2/c1-16(23)22(15-19(24)21-13-7-5-6-8-14-21)18-11-9-17(10-12-18)20(2,3)4/h9-12H,5-8,13-15H2,1-4H3. The molecule has 4 nitrogen and oxygen atoms in total. The van der Waals surface area contributed by atoms with Gasteiger partial charge in [-0.2, -0.15) is 0 Å². The fourth-order valence-corrected chi connectivity index (χ4v) is 3.08. The van der Waals surface area contributed by atoms with Crippen LogP contribution in [-0.2, 0) is 15.0 Å². The van der Waals surface area contributed by atoms with Crippen molar-refractivity contribution in [2.45, 2.75) is 58.8 Å². The third-order valence-corrected chi connectivity index (χ3v) is 4.68. The molecule has 0 unspecified atom stereocenters. The average molecular weight is 330 g/mol. The molecule has 0 radical (unpaired) electrons. The lowest BCUT2D eigenvalue weighted by Crippen LogP contribution is -2.42. The summed E-state index contributed by atoms with van der Waals surface area (Å²) in [6, 6.07) is 7.97. The Bertz CT molecular complexity index is 564. The van der Waals surface area contributed by atoms with Gasteiger partial charge in [-0.05, 0) is 36.0 Å². The van der Waals surface area contributed by atoms with Crippen molar-refractivity contribution in [1.29, 1.82) is 0 Å². The highest BCUT2D eigenvalue weighted by atomic mass is 16.2. The number of likely N-dealkylation sites (tertiary alicyclic amines) is 1. The fraction of sp³-hybridized carbons (Fsp3) is 0.600. The number of hydrogen-bond acceptors (Lipinski definition) is 2. The van der Waals surface area contributed by atoms with Crippen LogP contribution in [0.2, 0.25) is 0 Å². The third kappa shape index (κ3) is 4.83. The molecule has 1 saturated heterocycles. The van der Waals surface area contributed by atoms with Crippen LogP contribution < -0.4 is 4.90 Å². The summed E-state index contributed by atoms with van der Waals surface area (Å²) in [6.07, 6.45) is 4.50. The van der Waals surface area contributed by atoms with Gasteiger partial charge in [0.1, 0.15) is 6.54 Å². The zero-order valence-corrected chi connectivity index (χ0v) is 15.5. The Labute approximate surface area is 145 Å². The lowest BCUT2D eigenvalue weighted by molar-refractivity contribution is -0.131. The van der Waals surface area contributed by atoms with Crippen LogP contribution >= 0.6 is 0 Å². The predicted octanol–water partition coefficient (Wildman–Crippen LogP) is 3.74. The number of amides is 2. The summed E-state index contributed by atoms with van der Waals surface area (Å²) in [4.78, 5) is 28.2. The maximum absolute atomic E-state index is 12.6. The van der Waals surface area contributed by atoms with E-state index in [4.69, 9.17) is 0 Å². The van der Waals surface area contributed by atoms with Gasteiger partial charge in [0.15, 0.2) is 0 Å². The Morgan fingerprint density at radius 2 is 1.54 bits per heavy atom. The van der Waals surface area contributed by atoms with Crippen LogP contribution in [-0.4, -0.2) is 36.3 Å². The van der Waals surface area contributed by atoms with Gasteiger partial charge in [-0.1, -0.05) is 45.7 Å². The van der Waals surface area contributed by atoms with Crippen molar-refractivity contribution >= 4 is 17.5 Å². The van der Waals surface area contributed by atoms with Gasteiger partial charge in [-0.15, -0.1) is 0 Å². The van der Waals surface area contributed by atoms with Crippen molar-refractivity contribution in [3.63, 3.8) is 0 Å². The third-order valence-electron chi connectivity index (χ3n) is 4.68. The maximum atomic E-state index is 12.6. The number of hydrogen-bond donors (Lipinski definition) is 0. The molecule has 132 valence electrons. The normalized spacial score (nSPS) is 15.8. The van der Waals surface area contributed by atoms with E-state index in [1.807, 2.05) is 29.2 Å². The highest BCUT2D eigenvalue weighted by Gasteiger charge is 2.22. The Kier molecular flexibility index (Phi) is 6.03. The molecule has 0 aliphatic carbocycles. The largest absolute Gasteiger partial charge is 0.341 e. The van der Waals surface area contributed by atoms with Crippen LogP contribution in [0, 0.1) is 0 Å². The first-order valence-electron chi connectivity index (χ1n) is 8.95. The quantitative estimate of drug-likeness (QED) is 0.847. The molecular weight excluding hydrogens is 300 g/mol. The van der Waals surface area contributed by atoms with Crippen LogP contribution in [0.4, 0.5) is 5.69 Å². The van der Waals surface area contributed by atoms with E-state index in [0.29, 0.717) is 0 Å². The van der Waals surface area contributed by atoms with Crippen LogP contribution in [0.15, 0.2) is 24.3 Å². The molecule has 0 spiro atoms. The lowest BCUT2D eigenvalue weighted by Gasteiger charge is -2.27. The molecular formula is C20H30N2O2. The second kappa shape index (κ2) is 7.82. The van der Waals surface area contributed by atoms with E-state index in [9.17, 15) is 9.59 Å². The molecule has 1 aromatic rings. The minimum Gasteiger partial charge on any atom is -0.341 e. The Morgan fingerprint density at radius 1 is 1.00 bits per heavy atom. The molecule has 1 aliphatic heterocycles. The van der Waals surface area contributed by atoms with Crippen molar-refractivity contribution in [3.05, 3.63) is 29.8 Å². The summed E-state index contributed by atoms with van der Waals surface area (Å²) in [5.74, 6) is -0.0475. The summed E-state index contributed by atoms with van der Waals surface area (Å²) >= 11 is 0. The second-order valence-corrected chi connectivity index (χ2v) is 7.70. The van der Waals surface area contributed by atoms with Crippen molar-refractivity contribution in [2.75, 3.05) is 24.5 Å². The van der Waals surface area contributed by atoms with Crippen LogP contribution in [0.1, 0.15) is 58.9 Å². The molecule has 4 heteroatoms. The number of carbonyl (C=O) groups is 2. The Hall–Kier alpha value is -1.84. The minimum atomic E-state index is -0.0957. The minimum absolute atomic E-state index is 0.0481. The predicted molar refractivity (Wildman–Crippen MR) is 98.2 cm³/mol. The zero-order chi connectivity index (χ0) is 17.7. The van der Waals surface area contributed by atoms with Gasteiger partial charge >= 0.3 is 0 Å². The van der Waals surface area contributed by atoms with Crippen molar-refractivity contribution in [2.24, 2.45) is 0 Å². The van der Waals surface area contributed by atoms with E-state index in [0.717, 1.165) is 31.6 Å².